The number of halogens is 1. The highest BCUT2D eigenvalue weighted by atomic mass is 19.1. The van der Waals surface area contributed by atoms with E-state index >= 15 is 0 Å². The fourth-order valence-electron chi connectivity index (χ4n) is 3.67. The molecular formula is C26H24FN3O5. The van der Waals surface area contributed by atoms with E-state index in [1.54, 1.807) is 44.4 Å². The fraction of sp³-hybridized carbons (Fsp3) is 0.231. The number of Topliss-reactive ketones (excluding diaryl/α,β-unsaturated/α-hetero) is 1. The van der Waals surface area contributed by atoms with Crippen LogP contribution in [0.15, 0.2) is 60.9 Å². The summed E-state index contributed by atoms with van der Waals surface area (Å²) in [4.78, 5) is 43.6. The number of fused-ring (bicyclic) bond motifs is 1. The topological polar surface area (TPSA) is 97.8 Å². The second-order valence-electron chi connectivity index (χ2n) is 8.14. The molecule has 35 heavy (non-hydrogen) atoms. The van der Waals surface area contributed by atoms with Gasteiger partial charge in [-0.25, -0.2) is 4.39 Å². The van der Waals surface area contributed by atoms with E-state index in [2.05, 4.69) is 10.3 Å². The van der Waals surface area contributed by atoms with Crippen molar-refractivity contribution < 1.29 is 28.2 Å². The van der Waals surface area contributed by atoms with Crippen LogP contribution in [0.5, 0.6) is 11.5 Å². The molecule has 0 aliphatic carbocycles. The molecule has 1 aliphatic rings. The van der Waals surface area contributed by atoms with Gasteiger partial charge in [0.15, 0.2) is 30.6 Å². The molecule has 0 saturated heterocycles. The summed E-state index contributed by atoms with van der Waals surface area (Å²) in [6, 6.07) is 11.7. The van der Waals surface area contributed by atoms with Gasteiger partial charge in [-0.3, -0.25) is 24.3 Å². The fourth-order valence-corrected chi connectivity index (χ4v) is 3.67. The van der Waals surface area contributed by atoms with Gasteiger partial charge in [-0.15, -0.1) is 0 Å². The molecule has 180 valence electrons. The minimum atomic E-state index is -0.857. The first-order valence-corrected chi connectivity index (χ1v) is 11.0. The maximum Gasteiger partial charge on any atom is 0.265 e. The molecule has 4 rings (SSSR count). The van der Waals surface area contributed by atoms with E-state index in [1.165, 1.54) is 29.2 Å². The number of benzene rings is 2. The molecule has 9 heteroatoms. The lowest BCUT2D eigenvalue weighted by Crippen LogP contribution is -2.51. The van der Waals surface area contributed by atoms with Crippen LogP contribution in [-0.4, -0.2) is 41.8 Å². The number of amides is 2. The largest absolute Gasteiger partial charge is 0.482 e. The van der Waals surface area contributed by atoms with Gasteiger partial charge in [0.05, 0.1) is 5.69 Å². The highest BCUT2D eigenvalue weighted by molar-refractivity contribution is 6.05. The van der Waals surface area contributed by atoms with Gasteiger partial charge in [0.1, 0.15) is 11.8 Å². The Bertz CT molecular complexity index is 1270. The third-order valence-corrected chi connectivity index (χ3v) is 5.56. The van der Waals surface area contributed by atoms with Crippen LogP contribution in [0.2, 0.25) is 0 Å². The van der Waals surface area contributed by atoms with Crippen LogP contribution >= 0.6 is 0 Å². The number of pyridine rings is 1. The number of aromatic nitrogens is 1. The number of carbonyl (C=O) groups is 3. The molecule has 0 fully saturated rings. The van der Waals surface area contributed by atoms with E-state index in [0.717, 1.165) is 11.1 Å². The van der Waals surface area contributed by atoms with E-state index in [9.17, 15) is 18.8 Å². The van der Waals surface area contributed by atoms with Crippen molar-refractivity contribution in [3.63, 3.8) is 0 Å². The Morgan fingerprint density at radius 3 is 2.83 bits per heavy atom. The molecule has 1 N–H and O–H groups in total. The lowest BCUT2D eigenvalue weighted by atomic mass is 10.1. The zero-order valence-corrected chi connectivity index (χ0v) is 19.3. The SMILES string of the molecule is Cc1ccc(F)c(OCC(=O)c2ccc3c(c2)N([C@@H](C)C(=O)NCc2cccnc2)C(=O)CO3)c1. The number of hydrogen-bond donors (Lipinski definition) is 1. The van der Waals surface area contributed by atoms with Crippen molar-refractivity contribution in [2.75, 3.05) is 18.1 Å². The van der Waals surface area contributed by atoms with Crippen LogP contribution < -0.4 is 19.7 Å². The third-order valence-electron chi connectivity index (χ3n) is 5.56. The summed E-state index contributed by atoms with van der Waals surface area (Å²) in [5.41, 5.74) is 2.16. The number of ether oxygens (including phenoxy) is 2. The van der Waals surface area contributed by atoms with Crippen molar-refractivity contribution in [3.8, 4) is 11.5 Å². The summed E-state index contributed by atoms with van der Waals surface area (Å²) in [7, 11) is 0. The van der Waals surface area contributed by atoms with Gasteiger partial charge in [0.25, 0.3) is 5.91 Å². The molecule has 0 unspecified atom stereocenters. The average molecular weight is 477 g/mol. The van der Waals surface area contributed by atoms with Crippen molar-refractivity contribution in [1.29, 1.82) is 0 Å². The molecule has 0 spiro atoms. The minimum Gasteiger partial charge on any atom is -0.482 e. The van der Waals surface area contributed by atoms with E-state index in [0.29, 0.717) is 11.4 Å². The number of nitrogens with zero attached hydrogens (tertiary/aromatic N) is 2. The molecule has 0 saturated carbocycles. The summed E-state index contributed by atoms with van der Waals surface area (Å²) in [6.45, 7) is 3.03. The van der Waals surface area contributed by atoms with Crippen molar-refractivity contribution in [2.24, 2.45) is 0 Å². The summed E-state index contributed by atoms with van der Waals surface area (Å²) in [5.74, 6) is -1.41. The van der Waals surface area contributed by atoms with Crippen LogP contribution in [0.25, 0.3) is 0 Å². The number of rotatable bonds is 8. The molecule has 3 aromatic rings. The van der Waals surface area contributed by atoms with Crippen LogP contribution in [-0.2, 0) is 16.1 Å². The maximum absolute atomic E-state index is 13.9. The second-order valence-corrected chi connectivity index (χ2v) is 8.14. The van der Waals surface area contributed by atoms with Gasteiger partial charge in [-0.1, -0.05) is 12.1 Å². The van der Waals surface area contributed by atoms with Crippen molar-refractivity contribution in [2.45, 2.75) is 26.4 Å². The first-order valence-electron chi connectivity index (χ1n) is 11.0. The number of ketones is 1. The van der Waals surface area contributed by atoms with Gasteiger partial charge in [-0.2, -0.15) is 0 Å². The van der Waals surface area contributed by atoms with Gasteiger partial charge >= 0.3 is 0 Å². The first-order chi connectivity index (χ1) is 16.8. The number of carbonyl (C=O) groups excluding carboxylic acids is 3. The Morgan fingerprint density at radius 1 is 1.23 bits per heavy atom. The molecular weight excluding hydrogens is 453 g/mol. The Kier molecular flexibility index (Phi) is 7.05. The zero-order valence-electron chi connectivity index (χ0n) is 19.3. The molecule has 1 atom stereocenters. The van der Waals surface area contributed by atoms with Gasteiger partial charge in [-0.05, 0) is 61.4 Å². The molecule has 2 aromatic carbocycles. The second kappa shape index (κ2) is 10.3. The van der Waals surface area contributed by atoms with Crippen LogP contribution in [0.4, 0.5) is 10.1 Å². The normalized spacial score (nSPS) is 13.5. The smallest absolute Gasteiger partial charge is 0.265 e. The van der Waals surface area contributed by atoms with Gasteiger partial charge < -0.3 is 14.8 Å². The van der Waals surface area contributed by atoms with Crippen molar-refractivity contribution >= 4 is 23.3 Å². The predicted octanol–water partition coefficient (Wildman–Crippen LogP) is 3.22. The quantitative estimate of drug-likeness (QED) is 0.501. The minimum absolute atomic E-state index is 0.0182. The number of hydrogen-bond acceptors (Lipinski definition) is 6. The molecule has 2 amide bonds. The Balaban J connectivity index is 1.50. The molecule has 8 nitrogen and oxygen atoms in total. The first kappa shape index (κ1) is 23.9. The summed E-state index contributed by atoms with van der Waals surface area (Å²) >= 11 is 0. The highest BCUT2D eigenvalue weighted by Crippen LogP contribution is 2.34. The molecule has 1 aliphatic heterocycles. The Labute approximate surface area is 201 Å². The zero-order chi connectivity index (χ0) is 24.9. The molecule has 1 aromatic heterocycles. The number of anilines is 1. The summed E-state index contributed by atoms with van der Waals surface area (Å²) in [6.07, 6.45) is 3.28. The van der Waals surface area contributed by atoms with E-state index in [1.807, 2.05) is 6.07 Å². The standard InChI is InChI=1S/C26H24FN3O5/c1-16-5-7-20(27)24(10-16)34-14-22(31)19-6-8-23-21(11-19)30(25(32)15-35-23)17(2)26(33)29-13-18-4-3-9-28-12-18/h3-12,17H,13-15H2,1-2H3,(H,29,33)/t17-/m0/s1. The van der Waals surface area contributed by atoms with Gasteiger partial charge in [0.2, 0.25) is 5.91 Å². The Morgan fingerprint density at radius 2 is 2.06 bits per heavy atom. The highest BCUT2D eigenvalue weighted by Gasteiger charge is 2.33. The molecule has 2 heterocycles. The molecule has 0 radical (unpaired) electrons. The average Bonchev–Trinajstić information content (AvgIpc) is 2.87. The maximum atomic E-state index is 13.9. The lowest BCUT2D eigenvalue weighted by Gasteiger charge is -2.33. The third kappa shape index (κ3) is 5.46. The number of nitrogens with one attached hydrogen (secondary N) is 1. The summed E-state index contributed by atoms with van der Waals surface area (Å²) < 4.78 is 24.8. The summed E-state index contributed by atoms with van der Waals surface area (Å²) in [5, 5.41) is 2.80. The predicted molar refractivity (Wildman–Crippen MR) is 126 cm³/mol. The van der Waals surface area contributed by atoms with Gasteiger partial charge in [0, 0.05) is 24.5 Å². The van der Waals surface area contributed by atoms with E-state index < -0.39 is 30.2 Å². The van der Waals surface area contributed by atoms with Crippen LogP contribution in [0.3, 0.4) is 0 Å². The lowest BCUT2D eigenvalue weighted by molar-refractivity contribution is -0.127. The van der Waals surface area contributed by atoms with E-state index in [-0.39, 0.29) is 30.4 Å². The van der Waals surface area contributed by atoms with Crippen molar-refractivity contribution in [1.82, 2.24) is 10.3 Å². The monoisotopic (exact) mass is 477 g/mol. The van der Waals surface area contributed by atoms with E-state index in [4.69, 9.17) is 9.47 Å². The molecule has 0 bridgehead atoms. The van der Waals surface area contributed by atoms with Crippen molar-refractivity contribution in [3.05, 3.63) is 83.4 Å². The Hall–Kier alpha value is -4.27. The van der Waals surface area contributed by atoms with Crippen LogP contribution in [0, 0.1) is 12.7 Å². The number of aryl methyl sites for hydroxylation is 1. The van der Waals surface area contributed by atoms with Crippen LogP contribution in [0.1, 0.15) is 28.4 Å².